The number of para-hydroxylation sites is 1. The molecule has 0 saturated heterocycles. The molecule has 2 rings (SSSR count). The second-order valence-corrected chi connectivity index (χ2v) is 5.58. The molecule has 1 amide bonds. The molecule has 0 aliphatic heterocycles. The quantitative estimate of drug-likeness (QED) is 0.716. The molecular formula is C13H8BrFINO. The molecule has 18 heavy (non-hydrogen) atoms. The molecule has 2 nitrogen and oxygen atoms in total. The molecule has 2 aromatic rings. The molecule has 5 heteroatoms. The Morgan fingerprint density at radius 3 is 2.61 bits per heavy atom. The van der Waals surface area contributed by atoms with Crippen molar-refractivity contribution in [2.75, 3.05) is 5.32 Å². The van der Waals surface area contributed by atoms with Crippen LogP contribution in [0.15, 0.2) is 46.9 Å². The van der Waals surface area contributed by atoms with Crippen molar-refractivity contribution in [3.63, 3.8) is 0 Å². The van der Waals surface area contributed by atoms with Crippen LogP contribution >= 0.6 is 38.5 Å². The van der Waals surface area contributed by atoms with E-state index in [9.17, 15) is 9.18 Å². The van der Waals surface area contributed by atoms with Crippen LogP contribution in [-0.2, 0) is 0 Å². The molecule has 1 N–H and O–H groups in total. The van der Waals surface area contributed by atoms with Crippen molar-refractivity contribution in [1.82, 2.24) is 0 Å². The fourth-order valence-electron chi connectivity index (χ4n) is 1.39. The molecule has 0 fully saturated rings. The smallest absolute Gasteiger partial charge is 0.255 e. The van der Waals surface area contributed by atoms with Crippen LogP contribution in [0.1, 0.15) is 10.4 Å². The van der Waals surface area contributed by atoms with Crippen molar-refractivity contribution in [1.29, 1.82) is 0 Å². The van der Waals surface area contributed by atoms with Crippen molar-refractivity contribution in [2.24, 2.45) is 0 Å². The number of hydrogen-bond donors (Lipinski definition) is 1. The standard InChI is InChI=1S/C13H8BrFINO/c14-9-7-8(5-6-10(9)15)13(18)17-12-4-2-1-3-11(12)16/h1-7H,(H,17,18). The van der Waals surface area contributed by atoms with Gasteiger partial charge < -0.3 is 5.32 Å². The molecule has 2 aromatic carbocycles. The van der Waals surface area contributed by atoms with Gasteiger partial charge in [0.15, 0.2) is 0 Å². The highest BCUT2D eigenvalue weighted by atomic mass is 127. The summed E-state index contributed by atoms with van der Waals surface area (Å²) >= 11 is 5.20. The number of amides is 1. The Balaban J connectivity index is 2.22. The Kier molecular flexibility index (Phi) is 4.34. The molecule has 92 valence electrons. The maximum Gasteiger partial charge on any atom is 0.255 e. The van der Waals surface area contributed by atoms with Crippen LogP contribution < -0.4 is 5.32 Å². The number of carbonyl (C=O) groups is 1. The lowest BCUT2D eigenvalue weighted by Gasteiger charge is -2.07. The molecule has 0 bridgehead atoms. The lowest BCUT2D eigenvalue weighted by atomic mass is 10.2. The highest BCUT2D eigenvalue weighted by molar-refractivity contribution is 14.1. The van der Waals surface area contributed by atoms with E-state index in [0.29, 0.717) is 5.56 Å². The van der Waals surface area contributed by atoms with E-state index in [1.54, 1.807) is 0 Å². The molecule has 0 aromatic heterocycles. The minimum absolute atomic E-state index is 0.264. The van der Waals surface area contributed by atoms with Gasteiger partial charge in [-0.05, 0) is 68.9 Å². The number of halogens is 3. The summed E-state index contributed by atoms with van der Waals surface area (Å²) in [5.74, 6) is -0.652. The van der Waals surface area contributed by atoms with Gasteiger partial charge in [0, 0.05) is 9.13 Å². The Hall–Kier alpha value is -0.950. The Morgan fingerprint density at radius 2 is 1.94 bits per heavy atom. The van der Waals surface area contributed by atoms with Gasteiger partial charge in [0.25, 0.3) is 5.91 Å². The monoisotopic (exact) mass is 419 g/mol. The topological polar surface area (TPSA) is 29.1 Å². The normalized spacial score (nSPS) is 10.2. The van der Waals surface area contributed by atoms with Crippen molar-refractivity contribution >= 4 is 50.1 Å². The van der Waals surface area contributed by atoms with Gasteiger partial charge in [-0.3, -0.25) is 4.79 Å². The van der Waals surface area contributed by atoms with Crippen LogP contribution in [0.2, 0.25) is 0 Å². The molecule has 0 aliphatic rings. The summed E-state index contributed by atoms with van der Waals surface area (Å²) in [6, 6.07) is 11.6. The fraction of sp³-hybridized carbons (Fsp3) is 0. The Morgan fingerprint density at radius 1 is 1.22 bits per heavy atom. The van der Waals surface area contributed by atoms with Crippen LogP contribution in [-0.4, -0.2) is 5.91 Å². The summed E-state index contributed by atoms with van der Waals surface area (Å²) in [5, 5.41) is 2.78. The van der Waals surface area contributed by atoms with Gasteiger partial charge in [-0.15, -0.1) is 0 Å². The molecule has 0 radical (unpaired) electrons. The molecule has 0 saturated carbocycles. The van der Waals surface area contributed by atoms with Gasteiger partial charge in [0.1, 0.15) is 5.82 Å². The summed E-state index contributed by atoms with van der Waals surface area (Å²) < 4.78 is 14.3. The predicted molar refractivity (Wildman–Crippen MR) is 81.2 cm³/mol. The Labute approximate surface area is 126 Å². The zero-order valence-corrected chi connectivity index (χ0v) is 12.8. The zero-order chi connectivity index (χ0) is 13.1. The van der Waals surface area contributed by atoms with Crippen molar-refractivity contribution < 1.29 is 9.18 Å². The van der Waals surface area contributed by atoms with Gasteiger partial charge in [-0.2, -0.15) is 0 Å². The molecule has 0 spiro atoms. The third kappa shape index (κ3) is 3.08. The average molecular weight is 420 g/mol. The molecule has 0 unspecified atom stereocenters. The number of nitrogens with one attached hydrogen (secondary N) is 1. The van der Waals surface area contributed by atoms with E-state index >= 15 is 0 Å². The maximum atomic E-state index is 13.1. The summed E-state index contributed by atoms with van der Waals surface area (Å²) in [6.07, 6.45) is 0. The van der Waals surface area contributed by atoms with Crippen molar-refractivity contribution in [3.8, 4) is 0 Å². The molecule has 0 heterocycles. The number of rotatable bonds is 2. The first-order chi connectivity index (χ1) is 8.58. The number of hydrogen-bond acceptors (Lipinski definition) is 1. The fourth-order valence-corrected chi connectivity index (χ4v) is 2.30. The van der Waals surface area contributed by atoms with Crippen LogP contribution in [0.5, 0.6) is 0 Å². The highest BCUT2D eigenvalue weighted by Crippen LogP contribution is 2.20. The third-order valence-corrected chi connectivity index (χ3v) is 3.85. The van der Waals surface area contributed by atoms with E-state index in [1.165, 1.54) is 18.2 Å². The lowest BCUT2D eigenvalue weighted by Crippen LogP contribution is -2.12. The van der Waals surface area contributed by atoms with Crippen molar-refractivity contribution in [2.45, 2.75) is 0 Å². The summed E-state index contributed by atoms with van der Waals surface area (Å²) in [6.45, 7) is 0. The second-order valence-electron chi connectivity index (χ2n) is 3.56. The van der Waals surface area contributed by atoms with E-state index in [0.717, 1.165) is 9.26 Å². The second kappa shape index (κ2) is 5.79. The highest BCUT2D eigenvalue weighted by Gasteiger charge is 2.09. The Bertz CT molecular complexity index is 603. The first-order valence-electron chi connectivity index (χ1n) is 5.09. The molecule has 0 atom stereocenters. The van der Waals surface area contributed by atoms with E-state index in [4.69, 9.17) is 0 Å². The first kappa shape index (κ1) is 13.5. The maximum absolute atomic E-state index is 13.1. The summed E-state index contributed by atoms with van der Waals surface area (Å²) in [4.78, 5) is 12.0. The zero-order valence-electron chi connectivity index (χ0n) is 9.08. The molecular weight excluding hydrogens is 412 g/mol. The summed E-state index contributed by atoms with van der Waals surface area (Å²) in [5.41, 5.74) is 1.14. The van der Waals surface area contributed by atoms with Crippen LogP contribution in [0.4, 0.5) is 10.1 Å². The average Bonchev–Trinajstić information content (AvgIpc) is 2.35. The van der Waals surface area contributed by atoms with Crippen LogP contribution in [0.3, 0.4) is 0 Å². The molecule has 0 aliphatic carbocycles. The van der Waals surface area contributed by atoms with Gasteiger partial charge >= 0.3 is 0 Å². The van der Waals surface area contributed by atoms with Gasteiger partial charge in [-0.1, -0.05) is 12.1 Å². The minimum atomic E-state index is -0.388. The van der Waals surface area contributed by atoms with E-state index in [2.05, 4.69) is 43.8 Å². The van der Waals surface area contributed by atoms with Gasteiger partial charge in [0.05, 0.1) is 10.2 Å². The van der Waals surface area contributed by atoms with Crippen molar-refractivity contribution in [3.05, 3.63) is 61.9 Å². The van der Waals surface area contributed by atoms with Crippen LogP contribution in [0.25, 0.3) is 0 Å². The van der Waals surface area contributed by atoms with E-state index in [1.807, 2.05) is 24.3 Å². The SMILES string of the molecule is O=C(Nc1ccccc1I)c1ccc(F)c(Br)c1. The lowest BCUT2D eigenvalue weighted by molar-refractivity contribution is 0.102. The number of carbonyl (C=O) groups excluding carboxylic acids is 1. The largest absolute Gasteiger partial charge is 0.321 e. The van der Waals surface area contributed by atoms with E-state index in [-0.39, 0.29) is 16.2 Å². The summed E-state index contributed by atoms with van der Waals surface area (Å²) in [7, 11) is 0. The van der Waals surface area contributed by atoms with Gasteiger partial charge in [-0.25, -0.2) is 4.39 Å². The first-order valence-corrected chi connectivity index (χ1v) is 6.96. The number of anilines is 1. The third-order valence-electron chi connectivity index (χ3n) is 2.30. The van der Waals surface area contributed by atoms with Crippen LogP contribution in [0, 0.1) is 9.39 Å². The van der Waals surface area contributed by atoms with Gasteiger partial charge in [0.2, 0.25) is 0 Å². The number of benzene rings is 2. The minimum Gasteiger partial charge on any atom is -0.321 e. The van der Waals surface area contributed by atoms with E-state index < -0.39 is 0 Å². The predicted octanol–water partition coefficient (Wildman–Crippen LogP) is 4.45.